The zero-order chi connectivity index (χ0) is 12.3. The van der Waals surface area contributed by atoms with Crippen LogP contribution in [0.2, 0.25) is 0 Å². The van der Waals surface area contributed by atoms with Crippen molar-refractivity contribution in [3.63, 3.8) is 0 Å². The maximum Gasteiger partial charge on any atom is 0.294 e. The van der Waals surface area contributed by atoms with Gasteiger partial charge in [0.05, 0.1) is 0 Å². The van der Waals surface area contributed by atoms with Gasteiger partial charge >= 0.3 is 0 Å². The first-order valence-electron chi connectivity index (χ1n) is 4.64. The Morgan fingerprint density at radius 2 is 1.73 bits per heavy atom. The summed E-state index contributed by atoms with van der Waals surface area (Å²) in [7, 11) is 0. The van der Waals surface area contributed by atoms with E-state index in [4.69, 9.17) is 0 Å². The van der Waals surface area contributed by atoms with Crippen molar-refractivity contribution in [2.75, 3.05) is 6.61 Å². The molecule has 0 N–H and O–H groups in total. The summed E-state index contributed by atoms with van der Waals surface area (Å²) in [5.74, 6) is 0. The third kappa shape index (κ3) is 12.4. The van der Waals surface area contributed by atoms with Crippen LogP contribution in [-0.2, 0) is 9.68 Å². The number of nitrogens with zero attached hydrogens (tertiary/aromatic N) is 2. The van der Waals surface area contributed by atoms with Gasteiger partial charge in [-0.3, -0.25) is 0 Å². The Bertz CT molecular complexity index is 186. The normalized spacial score (nSPS) is 10.6. The van der Waals surface area contributed by atoms with Gasteiger partial charge < -0.3 is 9.68 Å². The van der Waals surface area contributed by atoms with Gasteiger partial charge in [0.15, 0.2) is 0 Å². The first-order chi connectivity index (χ1) is 7.06. The third-order valence-corrected chi connectivity index (χ3v) is 1.21. The van der Waals surface area contributed by atoms with Crippen molar-refractivity contribution in [1.82, 2.24) is 0 Å². The fourth-order valence-corrected chi connectivity index (χ4v) is 0.754. The van der Waals surface area contributed by atoms with Crippen LogP contribution in [0.3, 0.4) is 0 Å². The van der Waals surface area contributed by atoms with Crippen LogP contribution in [0.4, 0.5) is 0 Å². The SMILES string of the molecule is CC.CCCC(CO[N+](=O)[O-])O[N+](=O)[O-]. The second-order valence-corrected chi connectivity index (χ2v) is 2.26. The molecule has 0 heterocycles. The lowest BCUT2D eigenvalue weighted by Crippen LogP contribution is -2.24. The number of rotatable bonds is 7. The van der Waals surface area contributed by atoms with Crippen molar-refractivity contribution in [3.05, 3.63) is 20.2 Å². The molecule has 0 saturated heterocycles. The van der Waals surface area contributed by atoms with Gasteiger partial charge in [-0.25, -0.2) is 0 Å². The summed E-state index contributed by atoms with van der Waals surface area (Å²) < 4.78 is 0. The summed E-state index contributed by atoms with van der Waals surface area (Å²) in [5.41, 5.74) is 0. The molecule has 0 fully saturated rings. The number of hydrogen-bond donors (Lipinski definition) is 0. The molecule has 1 unspecified atom stereocenters. The minimum atomic E-state index is -1.01. The highest BCUT2D eigenvalue weighted by molar-refractivity contribution is 4.51. The molecule has 0 radical (unpaired) electrons. The molecule has 0 amide bonds. The van der Waals surface area contributed by atoms with E-state index in [1.165, 1.54) is 0 Å². The molecule has 8 nitrogen and oxygen atoms in total. The highest BCUT2D eigenvalue weighted by Crippen LogP contribution is 2.02. The van der Waals surface area contributed by atoms with Crippen molar-refractivity contribution in [2.24, 2.45) is 0 Å². The molecule has 0 aromatic carbocycles. The lowest BCUT2D eigenvalue weighted by Gasteiger charge is -2.11. The van der Waals surface area contributed by atoms with Crippen LogP contribution in [0.15, 0.2) is 0 Å². The first kappa shape index (κ1) is 15.9. The van der Waals surface area contributed by atoms with Gasteiger partial charge in [0.1, 0.15) is 12.7 Å². The number of hydrogen-bond acceptors (Lipinski definition) is 6. The quantitative estimate of drug-likeness (QED) is 0.480. The fraction of sp³-hybridized carbons (Fsp3) is 1.00. The Balaban J connectivity index is 0. The zero-order valence-electron chi connectivity index (χ0n) is 9.04. The van der Waals surface area contributed by atoms with Crippen LogP contribution in [0, 0.1) is 20.2 Å². The zero-order valence-corrected chi connectivity index (χ0v) is 9.04. The average Bonchev–Trinajstić information content (AvgIpc) is 2.17. The molecule has 0 rings (SSSR count). The molecular formula is C7H16N2O6. The maximum absolute atomic E-state index is 9.89. The van der Waals surface area contributed by atoms with E-state index < -0.39 is 22.9 Å². The van der Waals surface area contributed by atoms with E-state index in [9.17, 15) is 20.2 Å². The Morgan fingerprint density at radius 1 is 1.20 bits per heavy atom. The van der Waals surface area contributed by atoms with Crippen LogP contribution in [0.1, 0.15) is 33.6 Å². The summed E-state index contributed by atoms with van der Waals surface area (Å²) in [6.45, 7) is 5.37. The third-order valence-electron chi connectivity index (χ3n) is 1.21. The van der Waals surface area contributed by atoms with E-state index in [0.29, 0.717) is 12.8 Å². The molecule has 0 aliphatic heterocycles. The van der Waals surface area contributed by atoms with Crippen molar-refractivity contribution >= 4 is 0 Å². The van der Waals surface area contributed by atoms with Crippen molar-refractivity contribution in [3.8, 4) is 0 Å². The van der Waals surface area contributed by atoms with Gasteiger partial charge in [-0.05, 0) is 6.42 Å². The molecule has 8 heteroatoms. The van der Waals surface area contributed by atoms with Crippen LogP contribution in [0.5, 0.6) is 0 Å². The monoisotopic (exact) mass is 224 g/mol. The smallest absolute Gasteiger partial charge is 0.294 e. The minimum absolute atomic E-state index is 0.342. The average molecular weight is 224 g/mol. The van der Waals surface area contributed by atoms with Crippen molar-refractivity contribution < 1.29 is 19.8 Å². The second kappa shape index (κ2) is 10.5. The van der Waals surface area contributed by atoms with Gasteiger partial charge in [-0.15, -0.1) is 20.2 Å². The van der Waals surface area contributed by atoms with Crippen molar-refractivity contribution in [2.45, 2.75) is 39.7 Å². The summed E-state index contributed by atoms with van der Waals surface area (Å²) >= 11 is 0. The lowest BCUT2D eigenvalue weighted by molar-refractivity contribution is -0.790. The van der Waals surface area contributed by atoms with E-state index in [-0.39, 0.29) is 0 Å². The highest BCUT2D eigenvalue weighted by Gasteiger charge is 2.14. The van der Waals surface area contributed by atoms with E-state index >= 15 is 0 Å². The predicted octanol–water partition coefficient (Wildman–Crippen LogP) is 1.60. The van der Waals surface area contributed by atoms with Gasteiger partial charge in [0.25, 0.3) is 10.2 Å². The molecule has 0 saturated carbocycles. The van der Waals surface area contributed by atoms with E-state index in [0.717, 1.165) is 0 Å². The molecule has 0 aromatic rings. The van der Waals surface area contributed by atoms with Crippen LogP contribution in [0.25, 0.3) is 0 Å². The summed E-state index contributed by atoms with van der Waals surface area (Å²) in [4.78, 5) is 27.7. The predicted molar refractivity (Wildman–Crippen MR) is 51.1 cm³/mol. The molecule has 0 aromatic heterocycles. The molecule has 15 heavy (non-hydrogen) atoms. The van der Waals surface area contributed by atoms with Gasteiger partial charge in [-0.1, -0.05) is 27.2 Å². The maximum atomic E-state index is 9.89. The second-order valence-electron chi connectivity index (χ2n) is 2.26. The largest absolute Gasteiger partial charge is 0.312 e. The Hall–Kier alpha value is -1.60. The lowest BCUT2D eigenvalue weighted by atomic mass is 10.2. The molecule has 1 atom stereocenters. The summed E-state index contributed by atoms with van der Waals surface area (Å²) in [6, 6.07) is 0. The van der Waals surface area contributed by atoms with Crippen LogP contribution >= 0.6 is 0 Å². The summed E-state index contributed by atoms with van der Waals surface area (Å²) in [6.07, 6.45) is 0.0967. The standard InChI is InChI=1S/C5H10N2O6.C2H6/c1-2-3-5(13-7(10)11)4-12-6(8)9;1-2/h5H,2-4H2,1H3;1-2H3. The molecular weight excluding hydrogens is 208 g/mol. The van der Waals surface area contributed by atoms with E-state index in [2.05, 4.69) is 9.68 Å². The van der Waals surface area contributed by atoms with Gasteiger partial charge in [-0.2, -0.15) is 0 Å². The van der Waals surface area contributed by atoms with Crippen LogP contribution < -0.4 is 0 Å². The fourth-order valence-electron chi connectivity index (χ4n) is 0.754. The first-order valence-corrected chi connectivity index (χ1v) is 4.64. The van der Waals surface area contributed by atoms with E-state index in [1.54, 1.807) is 6.92 Å². The van der Waals surface area contributed by atoms with Crippen LogP contribution in [-0.4, -0.2) is 22.9 Å². The topological polar surface area (TPSA) is 105 Å². The minimum Gasteiger partial charge on any atom is -0.312 e. The Labute approximate surface area is 87.4 Å². The van der Waals surface area contributed by atoms with Gasteiger partial charge in [0, 0.05) is 0 Å². The van der Waals surface area contributed by atoms with Gasteiger partial charge in [0.2, 0.25) is 0 Å². The Kier molecular flexibility index (Phi) is 11.1. The van der Waals surface area contributed by atoms with E-state index in [1.807, 2.05) is 13.8 Å². The van der Waals surface area contributed by atoms with Crippen molar-refractivity contribution in [1.29, 1.82) is 0 Å². The molecule has 0 aliphatic carbocycles. The molecule has 0 spiro atoms. The summed E-state index contributed by atoms with van der Waals surface area (Å²) in [5, 5.41) is 17.6. The molecule has 0 aliphatic rings. The molecule has 0 bridgehead atoms. The Morgan fingerprint density at radius 3 is 2.07 bits per heavy atom. The molecule has 90 valence electrons. The highest BCUT2D eigenvalue weighted by atomic mass is 17.0.